The number of rotatable bonds is 3. The van der Waals surface area contributed by atoms with Crippen LogP contribution in [0.1, 0.15) is 32.6 Å². The van der Waals surface area contributed by atoms with Gasteiger partial charge in [-0.3, -0.25) is 8.32 Å². The van der Waals surface area contributed by atoms with Gasteiger partial charge in [-0.15, -0.1) is 0 Å². The Hall–Kier alpha value is 0.120. The molecule has 0 aromatic heterocycles. The summed E-state index contributed by atoms with van der Waals surface area (Å²) in [4.78, 5) is 11.2. The number of hydrogen-bond acceptors (Lipinski definition) is 4. The maximum Gasteiger partial charge on any atom is 0.322 e. The van der Waals surface area contributed by atoms with Crippen molar-refractivity contribution in [3.05, 3.63) is 0 Å². The molecule has 0 heterocycles. The Morgan fingerprint density at radius 3 is 2.50 bits per heavy atom. The first-order chi connectivity index (χ1) is 6.63. The maximum atomic E-state index is 11.2. The highest BCUT2D eigenvalue weighted by Crippen LogP contribution is 2.22. The largest absolute Gasteiger partial charge is 0.461 e. The lowest BCUT2D eigenvalue weighted by Crippen LogP contribution is -2.36. The van der Waals surface area contributed by atoms with Crippen LogP contribution in [-0.2, 0) is 9.53 Å². The first-order valence-corrected chi connectivity index (χ1v) is 6.03. The van der Waals surface area contributed by atoms with Crippen molar-refractivity contribution in [2.45, 2.75) is 50.8 Å². The number of esters is 1. The summed E-state index contributed by atoms with van der Waals surface area (Å²) in [6.07, 6.45) is 4.10. The molecule has 1 saturated carbocycles. The summed E-state index contributed by atoms with van der Waals surface area (Å²) in [6.45, 7) is 1.65. The predicted octanol–water partition coefficient (Wildman–Crippen LogP) is 1.13. The first kappa shape index (κ1) is 12.2. The molecule has 5 heteroatoms. The Balaban J connectivity index is 2.25. The van der Waals surface area contributed by atoms with Crippen molar-refractivity contribution in [1.82, 2.24) is 3.53 Å². The monoisotopic (exact) mass is 312 g/mol. The molecular weight excluding hydrogens is 295 g/mol. The van der Waals surface area contributed by atoms with Gasteiger partial charge in [-0.2, -0.15) is 0 Å². The van der Waals surface area contributed by atoms with Crippen LogP contribution in [0.3, 0.4) is 0 Å². The van der Waals surface area contributed by atoms with Crippen LogP contribution in [0.4, 0.5) is 0 Å². The summed E-state index contributed by atoms with van der Waals surface area (Å²) in [7, 11) is 0. The topological polar surface area (TPSA) is 64.4 Å². The van der Waals surface area contributed by atoms with Crippen molar-refractivity contribution in [3.8, 4) is 0 Å². The van der Waals surface area contributed by atoms with E-state index in [4.69, 9.17) is 10.5 Å². The molecule has 4 nitrogen and oxygen atoms in total. The first-order valence-electron chi connectivity index (χ1n) is 4.95. The van der Waals surface area contributed by atoms with Gasteiger partial charge < -0.3 is 10.5 Å². The van der Waals surface area contributed by atoms with Crippen molar-refractivity contribution in [2.75, 3.05) is 0 Å². The molecule has 0 aromatic rings. The lowest BCUT2D eigenvalue weighted by molar-refractivity contribution is -0.151. The van der Waals surface area contributed by atoms with Crippen molar-refractivity contribution >= 4 is 28.8 Å². The normalized spacial score (nSPS) is 29.6. The van der Waals surface area contributed by atoms with Crippen LogP contribution < -0.4 is 9.26 Å². The summed E-state index contributed by atoms with van der Waals surface area (Å²) in [5.41, 5.74) is 5.42. The molecule has 0 amide bonds. The number of halogens is 1. The number of carbonyl (C=O) groups is 1. The second kappa shape index (κ2) is 5.87. The molecule has 0 spiro atoms. The van der Waals surface area contributed by atoms with E-state index in [0.717, 1.165) is 25.7 Å². The molecule has 1 atom stereocenters. The van der Waals surface area contributed by atoms with Gasteiger partial charge in [0.15, 0.2) is 0 Å². The number of ether oxygens (including phenoxy) is 1. The second-order valence-electron chi connectivity index (χ2n) is 3.81. The van der Waals surface area contributed by atoms with E-state index in [0.29, 0.717) is 6.04 Å². The standard InChI is InChI=1S/C9H17IN2O2/c1-6(11)9(13)14-8-4-2-7(12-10)3-5-8/h6-8,12H,2-5,11H2,1H3/t6-,7?,8?/m0/s1. The van der Waals surface area contributed by atoms with E-state index < -0.39 is 6.04 Å². The average molecular weight is 312 g/mol. The Morgan fingerprint density at radius 2 is 2.07 bits per heavy atom. The van der Waals surface area contributed by atoms with E-state index in [1.165, 1.54) is 0 Å². The molecular formula is C9H17IN2O2. The molecule has 0 radical (unpaired) electrons. The van der Waals surface area contributed by atoms with Crippen molar-refractivity contribution < 1.29 is 9.53 Å². The van der Waals surface area contributed by atoms with Crippen molar-refractivity contribution in [2.24, 2.45) is 5.73 Å². The number of nitrogens with two attached hydrogens (primary N) is 1. The van der Waals surface area contributed by atoms with Gasteiger partial charge in [0.05, 0.1) is 0 Å². The fourth-order valence-corrected chi connectivity index (χ4v) is 2.18. The van der Waals surface area contributed by atoms with Crippen LogP contribution in [0.15, 0.2) is 0 Å². The Morgan fingerprint density at radius 1 is 1.50 bits per heavy atom. The molecule has 1 aliphatic rings. The molecule has 14 heavy (non-hydrogen) atoms. The van der Waals surface area contributed by atoms with E-state index in [1.807, 2.05) is 0 Å². The lowest BCUT2D eigenvalue weighted by Gasteiger charge is -2.27. The van der Waals surface area contributed by atoms with Crippen molar-refractivity contribution in [1.29, 1.82) is 0 Å². The SMILES string of the molecule is C[C@H](N)C(=O)OC1CCC(NI)CC1. The maximum absolute atomic E-state index is 11.2. The minimum atomic E-state index is -0.504. The zero-order chi connectivity index (χ0) is 10.6. The van der Waals surface area contributed by atoms with Crippen molar-refractivity contribution in [3.63, 3.8) is 0 Å². The van der Waals surface area contributed by atoms with E-state index in [1.54, 1.807) is 6.92 Å². The van der Waals surface area contributed by atoms with Crippen LogP contribution in [0, 0.1) is 0 Å². The highest BCUT2D eigenvalue weighted by atomic mass is 127. The summed E-state index contributed by atoms with van der Waals surface area (Å²) >= 11 is 2.17. The summed E-state index contributed by atoms with van der Waals surface area (Å²) in [6, 6.07) is 0.0660. The van der Waals surface area contributed by atoms with Gasteiger partial charge in [-0.25, -0.2) is 0 Å². The Labute approximate surface area is 98.4 Å². The van der Waals surface area contributed by atoms with E-state index in [-0.39, 0.29) is 12.1 Å². The summed E-state index contributed by atoms with van der Waals surface area (Å²) < 4.78 is 8.46. The number of hydrogen-bond donors (Lipinski definition) is 2. The molecule has 0 aromatic carbocycles. The van der Waals surface area contributed by atoms with E-state index in [9.17, 15) is 4.79 Å². The Bertz CT molecular complexity index is 191. The molecule has 1 fully saturated rings. The van der Waals surface area contributed by atoms with Gasteiger partial charge in [-0.1, -0.05) is 0 Å². The minimum absolute atomic E-state index is 0.0782. The zero-order valence-electron chi connectivity index (χ0n) is 8.33. The summed E-state index contributed by atoms with van der Waals surface area (Å²) in [5, 5.41) is 0. The highest BCUT2D eigenvalue weighted by molar-refractivity contribution is 14.1. The highest BCUT2D eigenvalue weighted by Gasteiger charge is 2.24. The number of nitrogens with one attached hydrogen (secondary N) is 1. The molecule has 0 unspecified atom stereocenters. The van der Waals surface area contributed by atoms with Gasteiger partial charge in [0, 0.05) is 28.9 Å². The third kappa shape index (κ3) is 3.70. The average Bonchev–Trinajstić information content (AvgIpc) is 2.19. The fraction of sp³-hybridized carbons (Fsp3) is 0.889. The van der Waals surface area contributed by atoms with Gasteiger partial charge >= 0.3 is 5.97 Å². The van der Waals surface area contributed by atoms with Crippen LogP contribution in [0.2, 0.25) is 0 Å². The van der Waals surface area contributed by atoms with Gasteiger partial charge in [0.1, 0.15) is 12.1 Å². The van der Waals surface area contributed by atoms with Gasteiger partial charge in [0.2, 0.25) is 0 Å². The Kier molecular flexibility index (Phi) is 5.11. The van der Waals surface area contributed by atoms with Crippen LogP contribution >= 0.6 is 22.9 Å². The van der Waals surface area contributed by atoms with Crippen LogP contribution in [0.5, 0.6) is 0 Å². The molecule has 0 aliphatic heterocycles. The van der Waals surface area contributed by atoms with Gasteiger partial charge in [0.25, 0.3) is 0 Å². The molecule has 0 bridgehead atoms. The van der Waals surface area contributed by atoms with Crippen LogP contribution in [0.25, 0.3) is 0 Å². The van der Waals surface area contributed by atoms with Gasteiger partial charge in [-0.05, 0) is 32.6 Å². The predicted molar refractivity (Wildman–Crippen MR) is 62.9 cm³/mol. The fourth-order valence-electron chi connectivity index (χ4n) is 1.56. The van der Waals surface area contributed by atoms with Crippen LogP contribution in [-0.4, -0.2) is 24.2 Å². The molecule has 82 valence electrons. The van der Waals surface area contributed by atoms with E-state index >= 15 is 0 Å². The molecule has 0 saturated heterocycles. The third-order valence-corrected chi connectivity index (χ3v) is 3.36. The zero-order valence-corrected chi connectivity index (χ0v) is 10.5. The van der Waals surface area contributed by atoms with E-state index in [2.05, 4.69) is 26.4 Å². The number of carbonyl (C=O) groups excluding carboxylic acids is 1. The molecule has 1 rings (SSSR count). The summed E-state index contributed by atoms with van der Waals surface area (Å²) in [5.74, 6) is -0.282. The smallest absolute Gasteiger partial charge is 0.322 e. The quantitative estimate of drug-likeness (QED) is 0.466. The molecule has 3 N–H and O–H groups in total. The minimum Gasteiger partial charge on any atom is -0.461 e. The lowest BCUT2D eigenvalue weighted by atomic mass is 9.94. The second-order valence-corrected chi connectivity index (χ2v) is 4.43. The third-order valence-electron chi connectivity index (χ3n) is 2.48. The molecule has 1 aliphatic carbocycles.